The molecule has 29 heavy (non-hydrogen) atoms. The van der Waals surface area contributed by atoms with E-state index in [1.54, 1.807) is 19.2 Å². The van der Waals surface area contributed by atoms with Crippen molar-refractivity contribution in [2.75, 3.05) is 13.7 Å². The molecule has 0 fully saturated rings. The van der Waals surface area contributed by atoms with Gasteiger partial charge in [-0.1, -0.05) is 44.2 Å². The minimum atomic E-state index is -0.110. The Morgan fingerprint density at radius 1 is 1.00 bits per heavy atom. The van der Waals surface area contributed by atoms with E-state index in [0.29, 0.717) is 12.5 Å². The second kappa shape index (κ2) is 10.3. The maximum absolute atomic E-state index is 14.2. The number of rotatable bonds is 10. The summed E-state index contributed by atoms with van der Waals surface area (Å²) in [6.45, 7) is 7.88. The summed E-state index contributed by atoms with van der Waals surface area (Å²) in [7, 11) is 1.69. The molecule has 0 radical (unpaired) electrons. The molecule has 0 saturated carbocycles. The van der Waals surface area contributed by atoms with Crippen LogP contribution in [0.5, 0.6) is 5.75 Å². The molecular weight excluding hydrogens is 363 g/mol. The van der Waals surface area contributed by atoms with Gasteiger partial charge in [0.15, 0.2) is 0 Å². The Hall–Kier alpha value is -2.59. The number of nitrogens with one attached hydrogen (secondary N) is 1. The van der Waals surface area contributed by atoms with Crippen LogP contribution in [0.3, 0.4) is 0 Å². The lowest BCUT2D eigenvalue weighted by Gasteiger charge is -2.22. The van der Waals surface area contributed by atoms with Crippen LogP contribution in [0, 0.1) is 11.7 Å². The molecule has 3 aromatic rings. The van der Waals surface area contributed by atoms with Crippen molar-refractivity contribution >= 4 is 0 Å². The quantitative estimate of drug-likeness (QED) is 0.542. The molecule has 2 aromatic carbocycles. The molecule has 0 spiro atoms. The first-order valence-corrected chi connectivity index (χ1v) is 10.4. The molecule has 1 atom stereocenters. The van der Waals surface area contributed by atoms with E-state index in [9.17, 15) is 4.39 Å². The third-order valence-corrected chi connectivity index (χ3v) is 5.32. The smallest absolute Gasteiger partial charge is 0.132 e. The zero-order chi connectivity index (χ0) is 20.6. The number of benzene rings is 2. The van der Waals surface area contributed by atoms with Crippen molar-refractivity contribution < 1.29 is 14.0 Å². The molecule has 3 rings (SSSR count). The van der Waals surface area contributed by atoms with Crippen LogP contribution in [-0.4, -0.2) is 18.2 Å². The Kier molecular flexibility index (Phi) is 7.48. The molecule has 0 aliphatic heterocycles. The van der Waals surface area contributed by atoms with Crippen LogP contribution in [0.1, 0.15) is 37.1 Å². The van der Waals surface area contributed by atoms with Crippen molar-refractivity contribution in [2.45, 2.75) is 39.9 Å². The maximum Gasteiger partial charge on any atom is 0.132 e. The van der Waals surface area contributed by atoms with Crippen LogP contribution < -0.4 is 9.64 Å². The van der Waals surface area contributed by atoms with Gasteiger partial charge in [-0.2, -0.15) is 0 Å². The van der Waals surface area contributed by atoms with E-state index < -0.39 is 0 Å². The van der Waals surface area contributed by atoms with E-state index in [-0.39, 0.29) is 5.82 Å². The van der Waals surface area contributed by atoms with Crippen LogP contribution in [-0.2, 0) is 19.6 Å². The van der Waals surface area contributed by atoms with Crippen molar-refractivity contribution in [3.05, 3.63) is 89.5 Å². The number of nitrogens with zero attached hydrogens (tertiary/aromatic N) is 1. The Balaban J connectivity index is 1.75. The molecule has 0 saturated heterocycles. The van der Waals surface area contributed by atoms with E-state index >= 15 is 0 Å². The highest BCUT2D eigenvalue weighted by Gasteiger charge is 2.16. The fourth-order valence-electron chi connectivity index (χ4n) is 3.63. The Labute approximate surface area is 173 Å². The zero-order valence-electron chi connectivity index (χ0n) is 17.7. The van der Waals surface area contributed by atoms with E-state index in [1.165, 1.54) is 16.2 Å². The minimum absolute atomic E-state index is 0.110. The van der Waals surface area contributed by atoms with E-state index in [2.05, 4.69) is 48.9 Å². The monoisotopic (exact) mass is 395 g/mol. The topological polar surface area (TPSA) is 18.6 Å². The fraction of sp³-hybridized carbons (Fsp3) is 0.360. The molecule has 1 unspecified atom stereocenters. The molecule has 0 aliphatic carbocycles. The molecule has 154 valence electrons. The zero-order valence-corrected chi connectivity index (χ0v) is 17.7. The molecule has 1 N–H and O–H groups in total. The van der Waals surface area contributed by atoms with E-state index in [0.717, 1.165) is 37.4 Å². The molecule has 0 aliphatic rings. The van der Waals surface area contributed by atoms with Crippen molar-refractivity contribution in [2.24, 2.45) is 5.92 Å². The Morgan fingerprint density at radius 3 is 2.59 bits per heavy atom. The SMILES string of the molecule is COc1cccc(Cn2cccc2C[NH+](CCC(C)C)Cc2ccccc2F)c1. The van der Waals surface area contributed by atoms with Crippen LogP contribution >= 0.6 is 0 Å². The van der Waals surface area contributed by atoms with Gasteiger partial charge in [-0.25, -0.2) is 4.39 Å². The first-order valence-electron chi connectivity index (χ1n) is 10.4. The van der Waals surface area contributed by atoms with Gasteiger partial charge in [-0.3, -0.25) is 0 Å². The highest BCUT2D eigenvalue weighted by molar-refractivity contribution is 5.29. The number of methoxy groups -OCH3 is 1. The third kappa shape index (κ3) is 6.20. The van der Waals surface area contributed by atoms with Crippen molar-refractivity contribution in [1.29, 1.82) is 0 Å². The van der Waals surface area contributed by atoms with Gasteiger partial charge >= 0.3 is 0 Å². The number of halogens is 1. The van der Waals surface area contributed by atoms with Crippen molar-refractivity contribution in [3.8, 4) is 5.75 Å². The lowest BCUT2D eigenvalue weighted by atomic mass is 10.1. The summed E-state index contributed by atoms with van der Waals surface area (Å²) in [6, 6.07) is 19.6. The average Bonchev–Trinajstić information content (AvgIpc) is 3.14. The van der Waals surface area contributed by atoms with Crippen LogP contribution in [0.2, 0.25) is 0 Å². The first-order chi connectivity index (χ1) is 14.0. The second-order valence-corrected chi connectivity index (χ2v) is 8.11. The molecule has 3 nitrogen and oxygen atoms in total. The Morgan fingerprint density at radius 2 is 1.83 bits per heavy atom. The van der Waals surface area contributed by atoms with Gasteiger partial charge in [0.25, 0.3) is 0 Å². The standard InChI is InChI=1S/C25H31FN2O/c1-20(2)13-15-27(18-22-9-4-5-12-25(22)26)19-23-10-7-14-28(23)17-21-8-6-11-24(16-21)29-3/h4-12,14,16,20H,13,15,17-19H2,1-3H3/p+1. The van der Waals surface area contributed by atoms with Gasteiger partial charge in [-0.15, -0.1) is 0 Å². The number of quaternary nitrogens is 1. The van der Waals surface area contributed by atoms with E-state index in [4.69, 9.17) is 4.74 Å². The number of hydrogen-bond acceptors (Lipinski definition) is 1. The van der Waals surface area contributed by atoms with Gasteiger partial charge in [0.05, 0.1) is 19.3 Å². The van der Waals surface area contributed by atoms with Crippen molar-refractivity contribution in [3.63, 3.8) is 0 Å². The molecule has 0 amide bonds. The van der Waals surface area contributed by atoms with Gasteiger partial charge < -0.3 is 14.2 Å². The predicted octanol–water partition coefficient (Wildman–Crippen LogP) is 4.32. The maximum atomic E-state index is 14.2. The normalized spacial score (nSPS) is 12.3. The van der Waals surface area contributed by atoms with Gasteiger partial charge in [0, 0.05) is 18.3 Å². The molecular formula is C25H32FN2O+. The molecule has 1 aromatic heterocycles. The van der Waals surface area contributed by atoms with Crippen molar-refractivity contribution in [1.82, 2.24) is 4.57 Å². The summed E-state index contributed by atoms with van der Waals surface area (Å²) < 4.78 is 21.9. The lowest BCUT2D eigenvalue weighted by molar-refractivity contribution is -0.928. The van der Waals surface area contributed by atoms with Gasteiger partial charge in [0.2, 0.25) is 0 Å². The number of ether oxygens (including phenoxy) is 1. The highest BCUT2D eigenvalue weighted by Crippen LogP contribution is 2.15. The summed E-state index contributed by atoms with van der Waals surface area (Å²) in [5, 5.41) is 0. The molecule has 1 heterocycles. The Bertz CT molecular complexity index is 903. The number of hydrogen-bond donors (Lipinski definition) is 1. The second-order valence-electron chi connectivity index (χ2n) is 8.11. The van der Waals surface area contributed by atoms with Crippen LogP contribution in [0.25, 0.3) is 0 Å². The number of aromatic nitrogens is 1. The largest absolute Gasteiger partial charge is 0.497 e. The lowest BCUT2D eigenvalue weighted by Crippen LogP contribution is -3.09. The fourth-order valence-corrected chi connectivity index (χ4v) is 3.63. The predicted molar refractivity (Wildman–Crippen MR) is 116 cm³/mol. The van der Waals surface area contributed by atoms with Gasteiger partial charge in [-0.05, 0) is 48.2 Å². The van der Waals surface area contributed by atoms with Crippen LogP contribution in [0.4, 0.5) is 4.39 Å². The summed E-state index contributed by atoms with van der Waals surface area (Å²) in [6.07, 6.45) is 3.25. The summed E-state index contributed by atoms with van der Waals surface area (Å²) in [5.41, 5.74) is 3.26. The highest BCUT2D eigenvalue weighted by atomic mass is 19.1. The first kappa shape index (κ1) is 21.1. The molecule has 0 bridgehead atoms. The van der Waals surface area contributed by atoms with E-state index in [1.807, 2.05) is 24.3 Å². The summed E-state index contributed by atoms with van der Waals surface area (Å²) >= 11 is 0. The molecule has 4 heteroatoms. The van der Waals surface area contributed by atoms with Gasteiger partial charge in [0.1, 0.15) is 24.7 Å². The summed E-state index contributed by atoms with van der Waals surface area (Å²) in [5.74, 6) is 1.40. The third-order valence-electron chi connectivity index (χ3n) is 5.32. The summed E-state index contributed by atoms with van der Waals surface area (Å²) in [4.78, 5) is 1.38. The minimum Gasteiger partial charge on any atom is -0.497 e. The van der Waals surface area contributed by atoms with Crippen LogP contribution in [0.15, 0.2) is 66.9 Å². The average molecular weight is 396 g/mol.